The molecule has 1 amide bonds. The first-order chi connectivity index (χ1) is 10.3. The molecule has 0 heterocycles. The summed E-state index contributed by atoms with van der Waals surface area (Å²) >= 11 is 5.79. The van der Waals surface area contributed by atoms with Crippen LogP contribution in [0.25, 0.3) is 0 Å². The predicted octanol–water partition coefficient (Wildman–Crippen LogP) is 4.62. The standard InChI is InChI=1S/C15H11ClF3NO2/c1-22-11-4-2-3-9(7-11)14(21)20-13-6-5-10(8-12(13)16)15(17,18)19/h2-8H,1H3,(H,20,21). The lowest BCUT2D eigenvalue weighted by molar-refractivity contribution is -0.137. The van der Waals surface area contributed by atoms with E-state index in [-0.39, 0.29) is 10.7 Å². The van der Waals surface area contributed by atoms with Gasteiger partial charge in [0.2, 0.25) is 0 Å². The van der Waals surface area contributed by atoms with Crippen LogP contribution in [0.5, 0.6) is 5.75 Å². The fraction of sp³-hybridized carbons (Fsp3) is 0.133. The molecule has 0 saturated heterocycles. The van der Waals surface area contributed by atoms with Gasteiger partial charge in [-0.3, -0.25) is 4.79 Å². The van der Waals surface area contributed by atoms with Crippen molar-refractivity contribution in [3.8, 4) is 5.75 Å². The smallest absolute Gasteiger partial charge is 0.416 e. The largest absolute Gasteiger partial charge is 0.497 e. The second-order valence-corrected chi connectivity index (χ2v) is 4.79. The van der Waals surface area contributed by atoms with Crippen LogP contribution >= 0.6 is 11.6 Å². The lowest BCUT2D eigenvalue weighted by Gasteiger charge is -2.11. The van der Waals surface area contributed by atoms with Crippen molar-refractivity contribution in [2.24, 2.45) is 0 Å². The molecule has 2 aromatic carbocycles. The summed E-state index contributed by atoms with van der Waals surface area (Å²) in [4.78, 5) is 12.1. The predicted molar refractivity (Wildman–Crippen MR) is 77.4 cm³/mol. The first-order valence-corrected chi connectivity index (χ1v) is 6.51. The normalized spacial score (nSPS) is 11.1. The van der Waals surface area contributed by atoms with Crippen LogP contribution in [0.3, 0.4) is 0 Å². The van der Waals surface area contributed by atoms with Gasteiger partial charge < -0.3 is 10.1 Å². The number of nitrogens with one attached hydrogen (secondary N) is 1. The van der Waals surface area contributed by atoms with Crippen molar-refractivity contribution < 1.29 is 22.7 Å². The lowest BCUT2D eigenvalue weighted by atomic mass is 10.1. The summed E-state index contributed by atoms with van der Waals surface area (Å²) in [5.74, 6) is -0.00766. The summed E-state index contributed by atoms with van der Waals surface area (Å²) in [5.41, 5.74) is -0.477. The maximum Gasteiger partial charge on any atom is 0.416 e. The van der Waals surface area contributed by atoms with E-state index < -0.39 is 17.6 Å². The molecule has 0 unspecified atom stereocenters. The molecule has 116 valence electrons. The number of hydrogen-bond donors (Lipinski definition) is 1. The third-order valence-corrected chi connectivity index (χ3v) is 3.19. The first kappa shape index (κ1) is 16.2. The molecule has 0 fully saturated rings. The Balaban J connectivity index is 2.21. The highest BCUT2D eigenvalue weighted by molar-refractivity contribution is 6.34. The molecule has 0 radical (unpaired) electrons. The quantitative estimate of drug-likeness (QED) is 0.892. The van der Waals surface area contributed by atoms with E-state index in [4.69, 9.17) is 16.3 Å². The Morgan fingerprint density at radius 3 is 2.50 bits per heavy atom. The Kier molecular flexibility index (Phi) is 4.61. The van der Waals surface area contributed by atoms with Gasteiger partial charge in [0.05, 0.1) is 23.4 Å². The van der Waals surface area contributed by atoms with Crippen molar-refractivity contribution in [1.82, 2.24) is 0 Å². The Bertz CT molecular complexity index is 701. The molecule has 2 rings (SSSR count). The molecule has 0 aromatic heterocycles. The van der Waals surface area contributed by atoms with Crippen LogP contribution in [0.2, 0.25) is 5.02 Å². The molecule has 0 spiro atoms. The SMILES string of the molecule is COc1cccc(C(=O)Nc2ccc(C(F)(F)F)cc2Cl)c1. The number of amides is 1. The first-order valence-electron chi connectivity index (χ1n) is 6.13. The highest BCUT2D eigenvalue weighted by atomic mass is 35.5. The van der Waals surface area contributed by atoms with E-state index in [0.717, 1.165) is 18.2 Å². The number of hydrogen-bond acceptors (Lipinski definition) is 2. The van der Waals surface area contributed by atoms with Crippen LogP contribution in [0.1, 0.15) is 15.9 Å². The third kappa shape index (κ3) is 3.71. The van der Waals surface area contributed by atoms with Crippen LogP contribution < -0.4 is 10.1 Å². The molecule has 0 aliphatic carbocycles. The van der Waals surface area contributed by atoms with E-state index in [9.17, 15) is 18.0 Å². The summed E-state index contributed by atoms with van der Waals surface area (Å²) in [6.07, 6.45) is -4.49. The molecule has 2 aromatic rings. The van der Waals surface area contributed by atoms with Gasteiger partial charge >= 0.3 is 6.18 Å². The van der Waals surface area contributed by atoms with E-state index in [2.05, 4.69) is 5.32 Å². The van der Waals surface area contributed by atoms with Crippen molar-refractivity contribution in [2.75, 3.05) is 12.4 Å². The van der Waals surface area contributed by atoms with E-state index in [0.29, 0.717) is 11.3 Å². The maximum absolute atomic E-state index is 12.6. The van der Waals surface area contributed by atoms with Gasteiger partial charge in [-0.05, 0) is 36.4 Å². The number of anilines is 1. The molecule has 0 aliphatic rings. The molecule has 1 N–H and O–H groups in total. The number of alkyl halides is 3. The monoisotopic (exact) mass is 329 g/mol. The topological polar surface area (TPSA) is 38.3 Å². The molecule has 0 bridgehead atoms. The Morgan fingerprint density at radius 2 is 1.91 bits per heavy atom. The number of methoxy groups -OCH3 is 1. The van der Waals surface area contributed by atoms with Crippen molar-refractivity contribution in [3.05, 3.63) is 58.6 Å². The molecule has 7 heteroatoms. The summed E-state index contributed by atoms with van der Waals surface area (Å²) in [6, 6.07) is 9.09. The second kappa shape index (κ2) is 6.27. The number of carbonyl (C=O) groups is 1. The average molecular weight is 330 g/mol. The summed E-state index contributed by atoms with van der Waals surface area (Å²) in [5, 5.41) is 2.27. The zero-order valence-electron chi connectivity index (χ0n) is 11.4. The molecule has 0 aliphatic heterocycles. The molecule has 3 nitrogen and oxygen atoms in total. The van der Waals surface area contributed by atoms with Gasteiger partial charge in [-0.2, -0.15) is 13.2 Å². The summed E-state index contributed by atoms with van der Waals surface area (Å²) < 4.78 is 42.7. The fourth-order valence-corrected chi connectivity index (χ4v) is 1.98. The highest BCUT2D eigenvalue weighted by Gasteiger charge is 2.31. The Morgan fingerprint density at radius 1 is 1.18 bits per heavy atom. The zero-order chi connectivity index (χ0) is 16.3. The van der Waals surface area contributed by atoms with Crippen LogP contribution in [-0.2, 0) is 6.18 Å². The second-order valence-electron chi connectivity index (χ2n) is 4.38. The van der Waals surface area contributed by atoms with E-state index in [1.807, 2.05) is 0 Å². The Hall–Kier alpha value is -2.21. The number of carbonyl (C=O) groups excluding carboxylic acids is 1. The van der Waals surface area contributed by atoms with Crippen LogP contribution in [-0.4, -0.2) is 13.0 Å². The average Bonchev–Trinajstić information content (AvgIpc) is 2.48. The number of halogens is 4. The van der Waals surface area contributed by atoms with Crippen molar-refractivity contribution in [1.29, 1.82) is 0 Å². The van der Waals surface area contributed by atoms with Gasteiger partial charge in [-0.15, -0.1) is 0 Å². The Labute approximate surface area is 129 Å². The summed E-state index contributed by atoms with van der Waals surface area (Å²) in [7, 11) is 1.46. The third-order valence-electron chi connectivity index (χ3n) is 2.88. The summed E-state index contributed by atoms with van der Waals surface area (Å²) in [6.45, 7) is 0. The minimum absolute atomic E-state index is 0.0995. The van der Waals surface area contributed by atoms with Crippen LogP contribution in [0.4, 0.5) is 18.9 Å². The van der Waals surface area contributed by atoms with Gasteiger partial charge in [-0.1, -0.05) is 17.7 Å². The fourth-order valence-electron chi connectivity index (χ4n) is 1.75. The van der Waals surface area contributed by atoms with E-state index in [1.54, 1.807) is 18.2 Å². The molecular formula is C15H11ClF3NO2. The highest BCUT2D eigenvalue weighted by Crippen LogP contribution is 2.33. The number of benzene rings is 2. The van der Waals surface area contributed by atoms with Crippen molar-refractivity contribution in [2.45, 2.75) is 6.18 Å². The minimum Gasteiger partial charge on any atom is -0.497 e. The lowest BCUT2D eigenvalue weighted by Crippen LogP contribution is -2.13. The van der Waals surface area contributed by atoms with Crippen LogP contribution in [0, 0.1) is 0 Å². The van der Waals surface area contributed by atoms with E-state index in [1.165, 1.54) is 13.2 Å². The van der Waals surface area contributed by atoms with Gasteiger partial charge in [0, 0.05) is 5.56 Å². The molecule has 0 atom stereocenters. The van der Waals surface area contributed by atoms with Gasteiger partial charge in [0.15, 0.2) is 0 Å². The zero-order valence-corrected chi connectivity index (χ0v) is 12.1. The van der Waals surface area contributed by atoms with Gasteiger partial charge in [0.25, 0.3) is 5.91 Å². The minimum atomic E-state index is -4.49. The number of rotatable bonds is 3. The van der Waals surface area contributed by atoms with Crippen molar-refractivity contribution >= 4 is 23.2 Å². The van der Waals surface area contributed by atoms with Crippen LogP contribution in [0.15, 0.2) is 42.5 Å². The van der Waals surface area contributed by atoms with Gasteiger partial charge in [-0.25, -0.2) is 0 Å². The molecule has 22 heavy (non-hydrogen) atoms. The van der Waals surface area contributed by atoms with E-state index >= 15 is 0 Å². The molecular weight excluding hydrogens is 319 g/mol. The molecule has 0 saturated carbocycles. The maximum atomic E-state index is 12.6. The van der Waals surface area contributed by atoms with Gasteiger partial charge in [0.1, 0.15) is 5.75 Å². The number of ether oxygens (including phenoxy) is 1. The van der Waals surface area contributed by atoms with Crippen molar-refractivity contribution in [3.63, 3.8) is 0 Å².